The highest BCUT2D eigenvalue weighted by Gasteiger charge is 2.34. The second-order valence-corrected chi connectivity index (χ2v) is 11.2. The van der Waals surface area contributed by atoms with Crippen LogP contribution in [0.25, 0.3) is 5.70 Å². The van der Waals surface area contributed by atoms with Crippen molar-refractivity contribution < 1.29 is 18.0 Å². The van der Waals surface area contributed by atoms with Crippen molar-refractivity contribution >= 4 is 23.0 Å². The fourth-order valence-corrected chi connectivity index (χ4v) is 5.27. The lowest BCUT2D eigenvalue weighted by Crippen LogP contribution is -2.29. The summed E-state index contributed by atoms with van der Waals surface area (Å²) in [5.41, 5.74) is 4.48. The zero-order valence-corrected chi connectivity index (χ0v) is 25.1. The molecule has 2 aromatic carbocycles. The van der Waals surface area contributed by atoms with Crippen LogP contribution in [0.5, 0.6) is 0 Å². The molecule has 1 aliphatic rings. The molecule has 3 aromatic rings. The van der Waals surface area contributed by atoms with Gasteiger partial charge in [0.2, 0.25) is 0 Å². The van der Waals surface area contributed by atoms with Crippen LogP contribution in [0, 0.1) is 20.8 Å². The number of hydrogen-bond donors (Lipinski definition) is 2. The number of carbonyl (C=O) groups excluding carboxylic acids is 1. The summed E-state index contributed by atoms with van der Waals surface area (Å²) in [7, 11) is 5.67. The van der Waals surface area contributed by atoms with E-state index in [1.54, 1.807) is 41.3 Å². The summed E-state index contributed by atoms with van der Waals surface area (Å²) in [6, 6.07) is 7.71. The third-order valence-electron chi connectivity index (χ3n) is 7.93. The first-order chi connectivity index (χ1) is 19.8. The Morgan fingerprint density at radius 1 is 1.10 bits per heavy atom. The van der Waals surface area contributed by atoms with Crippen molar-refractivity contribution in [3.8, 4) is 0 Å². The van der Waals surface area contributed by atoms with Gasteiger partial charge < -0.3 is 10.2 Å². The fourth-order valence-electron chi connectivity index (χ4n) is 5.27. The number of alkyl halides is 3. The predicted octanol–water partition coefficient (Wildman–Crippen LogP) is 5.84. The number of rotatable bonds is 8. The van der Waals surface area contributed by atoms with Crippen molar-refractivity contribution in [2.75, 3.05) is 37.5 Å². The van der Waals surface area contributed by atoms with E-state index in [0.29, 0.717) is 17.8 Å². The summed E-state index contributed by atoms with van der Waals surface area (Å²) in [4.78, 5) is 17.4. The molecule has 226 valence electrons. The molecule has 3 N–H and O–H groups in total. The van der Waals surface area contributed by atoms with Gasteiger partial charge >= 0.3 is 6.18 Å². The van der Waals surface area contributed by atoms with Crippen LogP contribution in [-0.2, 0) is 19.8 Å². The number of amides is 1. The summed E-state index contributed by atoms with van der Waals surface area (Å²) < 4.78 is 43.7. The highest BCUT2D eigenvalue weighted by molar-refractivity contribution is 6.05. The third kappa shape index (κ3) is 6.96. The number of carbonyl (C=O) groups is 1. The molecule has 1 aromatic heterocycles. The topological polar surface area (TPSA) is 82.7 Å². The summed E-state index contributed by atoms with van der Waals surface area (Å²) in [5.74, 6) is 5.96. The zero-order valence-electron chi connectivity index (χ0n) is 25.1. The van der Waals surface area contributed by atoms with Crippen LogP contribution in [-0.4, -0.2) is 52.7 Å². The molecule has 0 saturated carbocycles. The Morgan fingerprint density at radius 2 is 1.79 bits per heavy atom. The van der Waals surface area contributed by atoms with Crippen molar-refractivity contribution in [1.29, 1.82) is 0 Å². The molecule has 0 bridgehead atoms. The van der Waals surface area contributed by atoms with E-state index in [2.05, 4.69) is 15.3 Å². The Balaban J connectivity index is 1.63. The smallest absolute Gasteiger partial charge is 0.376 e. The molecule has 0 spiro atoms. The minimum atomic E-state index is -4.54. The number of aryl methyl sites for hydroxylation is 2. The van der Waals surface area contributed by atoms with Gasteiger partial charge in [0, 0.05) is 56.4 Å². The number of nitrogens with one attached hydrogen (secondary N) is 1. The number of aromatic nitrogens is 2. The van der Waals surface area contributed by atoms with Crippen LogP contribution in [0.2, 0.25) is 0 Å². The van der Waals surface area contributed by atoms with Crippen molar-refractivity contribution in [1.82, 2.24) is 19.6 Å². The van der Waals surface area contributed by atoms with Crippen molar-refractivity contribution in [3.05, 3.63) is 81.8 Å². The van der Waals surface area contributed by atoms with E-state index >= 15 is 0 Å². The largest absolute Gasteiger partial charge is 0.416 e. The maximum Gasteiger partial charge on any atom is 0.416 e. The van der Waals surface area contributed by atoms with E-state index in [1.165, 1.54) is 11.9 Å². The Labute approximate surface area is 245 Å². The molecular weight excluding hydrogens is 543 g/mol. The number of nitrogens with zero attached hydrogens (tertiary/aromatic N) is 5. The number of piperidine rings is 1. The Kier molecular flexibility index (Phi) is 9.32. The van der Waals surface area contributed by atoms with Crippen LogP contribution in [0.4, 0.5) is 24.5 Å². The van der Waals surface area contributed by atoms with Gasteiger partial charge in [-0.1, -0.05) is 12.5 Å². The second kappa shape index (κ2) is 12.6. The Morgan fingerprint density at radius 3 is 2.38 bits per heavy atom. The van der Waals surface area contributed by atoms with Gasteiger partial charge in [0.25, 0.3) is 5.91 Å². The minimum absolute atomic E-state index is 0.110. The standard InChI is InChI=1S/C31H40F3N7O/c1-20-10-11-23(15-28(20)41(35)19-29(38(4)5)26-17-36-39(6)22(26)3)30(42)37-25-14-24(18-40-12-8-7-9-13-40)21(2)27(16-25)31(32,33)34/h10-11,14-17,19H,7-9,12-13,18,35H2,1-6H3,(H,37,42)/b29-19-. The molecule has 1 aliphatic heterocycles. The monoisotopic (exact) mass is 583 g/mol. The van der Waals surface area contributed by atoms with Gasteiger partial charge in [-0.2, -0.15) is 18.3 Å². The number of hydrazine groups is 1. The average molecular weight is 584 g/mol. The molecule has 4 rings (SSSR count). The predicted molar refractivity (Wildman–Crippen MR) is 161 cm³/mol. The first kappa shape index (κ1) is 31.1. The van der Waals surface area contributed by atoms with Crippen LogP contribution in [0.15, 0.2) is 42.7 Å². The molecular formula is C31H40F3N7O. The highest BCUT2D eigenvalue weighted by Crippen LogP contribution is 2.36. The van der Waals surface area contributed by atoms with Gasteiger partial charge in [-0.3, -0.25) is 19.4 Å². The summed E-state index contributed by atoms with van der Waals surface area (Å²) in [6.07, 6.45) is 2.18. The summed E-state index contributed by atoms with van der Waals surface area (Å²) in [5, 5.41) is 8.47. The van der Waals surface area contributed by atoms with E-state index < -0.39 is 17.6 Å². The average Bonchev–Trinajstić information content (AvgIpc) is 3.26. The number of nitrogens with two attached hydrogens (primary N) is 1. The molecule has 42 heavy (non-hydrogen) atoms. The lowest BCUT2D eigenvalue weighted by Gasteiger charge is -2.28. The van der Waals surface area contributed by atoms with Gasteiger partial charge in [-0.05, 0) is 87.7 Å². The van der Waals surface area contributed by atoms with E-state index in [-0.39, 0.29) is 16.8 Å². The zero-order chi connectivity index (χ0) is 30.8. The molecule has 0 radical (unpaired) electrons. The number of benzene rings is 2. The molecule has 0 atom stereocenters. The third-order valence-corrected chi connectivity index (χ3v) is 7.93. The number of anilines is 2. The minimum Gasteiger partial charge on any atom is -0.376 e. The lowest BCUT2D eigenvalue weighted by atomic mass is 9.99. The number of hydrogen-bond acceptors (Lipinski definition) is 6. The first-order valence-electron chi connectivity index (χ1n) is 14.0. The number of likely N-dealkylation sites (tertiary alicyclic amines) is 1. The van der Waals surface area contributed by atoms with Crippen molar-refractivity contribution in [2.45, 2.75) is 52.8 Å². The van der Waals surface area contributed by atoms with Crippen molar-refractivity contribution in [2.24, 2.45) is 12.9 Å². The van der Waals surface area contributed by atoms with Crippen LogP contribution in [0.1, 0.15) is 63.1 Å². The fraction of sp³-hybridized carbons (Fsp3) is 0.419. The van der Waals surface area contributed by atoms with Crippen LogP contribution < -0.4 is 16.2 Å². The molecule has 1 saturated heterocycles. The van der Waals surface area contributed by atoms with Gasteiger partial charge in [0.15, 0.2) is 0 Å². The van der Waals surface area contributed by atoms with E-state index in [9.17, 15) is 18.0 Å². The van der Waals surface area contributed by atoms with Crippen LogP contribution in [0.3, 0.4) is 0 Å². The quantitative estimate of drug-likeness (QED) is 0.256. The molecule has 1 amide bonds. The number of halogens is 3. The highest BCUT2D eigenvalue weighted by atomic mass is 19.4. The normalized spacial score (nSPS) is 14.7. The van der Waals surface area contributed by atoms with Crippen LogP contribution >= 0.6 is 0 Å². The Bertz CT molecular complexity index is 1470. The first-order valence-corrected chi connectivity index (χ1v) is 14.0. The van der Waals surface area contributed by atoms with Crippen molar-refractivity contribution in [3.63, 3.8) is 0 Å². The molecule has 0 aliphatic carbocycles. The van der Waals surface area contributed by atoms with E-state index in [0.717, 1.165) is 60.9 Å². The van der Waals surface area contributed by atoms with E-state index in [1.807, 2.05) is 39.9 Å². The summed E-state index contributed by atoms with van der Waals surface area (Å²) >= 11 is 0. The molecule has 0 unspecified atom stereocenters. The molecule has 2 heterocycles. The van der Waals surface area contributed by atoms with E-state index in [4.69, 9.17) is 5.84 Å². The van der Waals surface area contributed by atoms with Gasteiger partial charge in [-0.25, -0.2) is 5.84 Å². The maximum absolute atomic E-state index is 14.0. The van der Waals surface area contributed by atoms with Gasteiger partial charge in [0.05, 0.1) is 23.1 Å². The maximum atomic E-state index is 14.0. The summed E-state index contributed by atoms with van der Waals surface area (Å²) in [6.45, 7) is 7.44. The SMILES string of the molecule is Cc1ccc(C(=O)Nc2cc(CN3CCCCC3)c(C)c(C(F)(F)F)c2)cc1N(N)/C=C(/c1cnn(C)c1C)N(C)C. The molecule has 11 heteroatoms. The Hall–Kier alpha value is -3.83. The molecule has 8 nitrogen and oxygen atoms in total. The second-order valence-electron chi connectivity index (χ2n) is 11.2. The van der Waals surface area contributed by atoms with Gasteiger partial charge in [-0.15, -0.1) is 0 Å². The molecule has 1 fully saturated rings. The lowest BCUT2D eigenvalue weighted by molar-refractivity contribution is -0.138. The van der Waals surface area contributed by atoms with Gasteiger partial charge in [0.1, 0.15) is 0 Å².